The van der Waals surface area contributed by atoms with Gasteiger partial charge in [-0.2, -0.15) is 0 Å². The molecule has 1 unspecified atom stereocenters. The lowest BCUT2D eigenvalue weighted by molar-refractivity contribution is -0.384. The number of aliphatic hydroxyl groups excluding tert-OH is 1. The predicted octanol–water partition coefficient (Wildman–Crippen LogP) is 5.36. The predicted molar refractivity (Wildman–Crippen MR) is 140 cm³/mol. The normalized spacial score (nSPS) is 16.8. The third-order valence-electron chi connectivity index (χ3n) is 5.70. The Bertz CT molecular complexity index is 1520. The highest BCUT2D eigenvalue weighted by atomic mass is 32.2. The standard InChI is InChI=1S/C26H18N4O5S2/c31-22(17-10-5-2-6-11-17)20-21(18-12-7-13-19(14-18)30(34)35)29(24(33)23(20)32)25-27-28-26(37-25)36-15-16-8-3-1-4-9-16/h1-14,21,31H,15H2/b22-20-. The number of Topliss-reactive ketones (excluding diaryl/α,β-unsaturated/α-hetero) is 1. The number of hydrogen-bond donors (Lipinski definition) is 1. The number of hydrogen-bond acceptors (Lipinski definition) is 9. The summed E-state index contributed by atoms with van der Waals surface area (Å²) in [5.41, 5.74) is 1.33. The molecule has 0 spiro atoms. The van der Waals surface area contributed by atoms with Crippen LogP contribution >= 0.6 is 23.1 Å². The number of ketones is 1. The molecule has 0 bridgehead atoms. The Morgan fingerprint density at radius 2 is 1.70 bits per heavy atom. The lowest BCUT2D eigenvalue weighted by Gasteiger charge is -2.22. The molecule has 4 aromatic rings. The van der Waals surface area contributed by atoms with E-state index < -0.39 is 22.7 Å². The molecule has 0 saturated carbocycles. The zero-order valence-electron chi connectivity index (χ0n) is 19.1. The highest BCUT2D eigenvalue weighted by Crippen LogP contribution is 2.44. The summed E-state index contributed by atoms with van der Waals surface area (Å²) in [6, 6.07) is 22.6. The number of benzene rings is 3. The molecule has 2 heterocycles. The average molecular weight is 531 g/mol. The van der Waals surface area contributed by atoms with Crippen molar-refractivity contribution in [1.82, 2.24) is 10.2 Å². The molecular formula is C26H18N4O5S2. The summed E-state index contributed by atoms with van der Waals surface area (Å²) >= 11 is 2.56. The summed E-state index contributed by atoms with van der Waals surface area (Å²) in [5.74, 6) is -1.55. The molecule has 1 aliphatic heterocycles. The molecular weight excluding hydrogens is 512 g/mol. The van der Waals surface area contributed by atoms with Gasteiger partial charge in [-0.15, -0.1) is 10.2 Å². The monoisotopic (exact) mass is 530 g/mol. The Hall–Kier alpha value is -4.35. The van der Waals surface area contributed by atoms with E-state index in [0.29, 0.717) is 21.2 Å². The second-order valence-corrected chi connectivity index (χ2v) is 10.2. The molecule has 1 aromatic heterocycles. The number of aromatic nitrogens is 2. The van der Waals surface area contributed by atoms with E-state index in [9.17, 15) is 24.8 Å². The number of carbonyl (C=O) groups is 2. The van der Waals surface area contributed by atoms with Gasteiger partial charge in [0.25, 0.3) is 11.5 Å². The van der Waals surface area contributed by atoms with E-state index in [1.54, 1.807) is 36.4 Å². The fraction of sp³-hybridized carbons (Fsp3) is 0.0769. The van der Waals surface area contributed by atoms with Crippen molar-refractivity contribution in [2.24, 2.45) is 0 Å². The molecule has 11 heteroatoms. The van der Waals surface area contributed by atoms with Crippen molar-refractivity contribution >= 4 is 51.4 Å². The van der Waals surface area contributed by atoms with Crippen molar-refractivity contribution in [1.29, 1.82) is 0 Å². The molecule has 9 nitrogen and oxygen atoms in total. The van der Waals surface area contributed by atoms with Crippen molar-refractivity contribution < 1.29 is 19.6 Å². The number of amides is 1. The topological polar surface area (TPSA) is 127 Å². The van der Waals surface area contributed by atoms with Gasteiger partial charge in [0.15, 0.2) is 4.34 Å². The third kappa shape index (κ3) is 4.86. The van der Waals surface area contributed by atoms with Crippen LogP contribution in [0.3, 0.4) is 0 Å². The molecule has 1 N–H and O–H groups in total. The fourth-order valence-corrected chi connectivity index (χ4v) is 5.81. The summed E-state index contributed by atoms with van der Waals surface area (Å²) < 4.78 is 0.585. The van der Waals surface area contributed by atoms with E-state index in [-0.39, 0.29) is 22.2 Å². The zero-order chi connectivity index (χ0) is 25.9. The first-order valence-electron chi connectivity index (χ1n) is 11.0. The summed E-state index contributed by atoms with van der Waals surface area (Å²) in [5, 5.41) is 31.0. The smallest absolute Gasteiger partial charge is 0.301 e. The van der Waals surface area contributed by atoms with E-state index in [4.69, 9.17) is 0 Å². The van der Waals surface area contributed by atoms with Gasteiger partial charge in [0.1, 0.15) is 5.76 Å². The number of aliphatic hydroxyl groups is 1. The first kappa shape index (κ1) is 24.3. The highest BCUT2D eigenvalue weighted by molar-refractivity contribution is 8.00. The molecule has 0 aliphatic carbocycles. The van der Waals surface area contributed by atoms with Crippen LogP contribution in [-0.4, -0.2) is 31.9 Å². The Morgan fingerprint density at radius 1 is 1.00 bits per heavy atom. The molecule has 3 aromatic carbocycles. The van der Waals surface area contributed by atoms with Gasteiger partial charge in [-0.3, -0.25) is 24.6 Å². The van der Waals surface area contributed by atoms with Crippen molar-refractivity contribution in [3.63, 3.8) is 0 Å². The van der Waals surface area contributed by atoms with Crippen LogP contribution in [-0.2, 0) is 15.3 Å². The second kappa shape index (κ2) is 10.3. The van der Waals surface area contributed by atoms with Gasteiger partial charge in [0.05, 0.1) is 16.5 Å². The van der Waals surface area contributed by atoms with Crippen LogP contribution in [0.5, 0.6) is 0 Å². The molecule has 5 rings (SSSR count). The number of nitro groups is 1. The summed E-state index contributed by atoms with van der Waals surface area (Å²) in [7, 11) is 0. The van der Waals surface area contributed by atoms with Crippen LogP contribution in [0.15, 0.2) is 94.8 Å². The van der Waals surface area contributed by atoms with E-state index in [2.05, 4.69) is 10.2 Å². The summed E-state index contributed by atoms with van der Waals surface area (Å²) in [6.45, 7) is 0. The summed E-state index contributed by atoms with van der Waals surface area (Å²) in [6.07, 6.45) is 0. The number of anilines is 1. The third-order valence-corrected chi connectivity index (χ3v) is 7.82. The molecule has 37 heavy (non-hydrogen) atoms. The Balaban J connectivity index is 1.58. The molecule has 184 valence electrons. The molecule has 1 saturated heterocycles. The zero-order valence-corrected chi connectivity index (χ0v) is 20.7. The van der Waals surface area contributed by atoms with Crippen LogP contribution in [0.25, 0.3) is 5.76 Å². The number of nitrogens with zero attached hydrogens (tertiary/aromatic N) is 4. The van der Waals surface area contributed by atoms with Crippen LogP contribution in [0.2, 0.25) is 0 Å². The fourth-order valence-electron chi connectivity index (χ4n) is 3.98. The Kier molecular flexibility index (Phi) is 6.80. The maximum Gasteiger partial charge on any atom is 0.301 e. The van der Waals surface area contributed by atoms with Crippen molar-refractivity contribution in [3.8, 4) is 0 Å². The van der Waals surface area contributed by atoms with Gasteiger partial charge in [0, 0.05) is 23.4 Å². The number of thioether (sulfide) groups is 1. The minimum atomic E-state index is -1.12. The Morgan fingerprint density at radius 3 is 2.41 bits per heavy atom. The first-order valence-corrected chi connectivity index (χ1v) is 12.9. The van der Waals surface area contributed by atoms with Crippen molar-refractivity contribution in [2.75, 3.05) is 4.90 Å². The lowest BCUT2D eigenvalue weighted by atomic mass is 9.95. The molecule has 1 fully saturated rings. The van der Waals surface area contributed by atoms with Gasteiger partial charge in [-0.25, -0.2) is 0 Å². The molecule has 1 amide bonds. The van der Waals surface area contributed by atoms with Crippen LogP contribution in [0, 0.1) is 10.1 Å². The Labute approximate surface area is 219 Å². The molecule has 0 radical (unpaired) electrons. The van der Waals surface area contributed by atoms with E-state index in [1.165, 1.54) is 30.0 Å². The van der Waals surface area contributed by atoms with Crippen LogP contribution in [0.1, 0.15) is 22.7 Å². The number of nitro benzene ring substituents is 1. The first-order chi connectivity index (χ1) is 17.9. The molecule has 1 aliphatic rings. The molecule has 1 atom stereocenters. The van der Waals surface area contributed by atoms with E-state index >= 15 is 0 Å². The highest BCUT2D eigenvalue weighted by Gasteiger charge is 2.48. The SMILES string of the molecule is O=C1C(=O)N(c2nnc(SCc3ccccc3)s2)C(c2cccc([N+](=O)[O-])c2)/C1=C(/O)c1ccccc1. The average Bonchev–Trinajstić information content (AvgIpc) is 3.50. The summed E-state index contributed by atoms with van der Waals surface area (Å²) in [4.78, 5) is 38.5. The van der Waals surface area contributed by atoms with Gasteiger partial charge in [-0.1, -0.05) is 95.9 Å². The van der Waals surface area contributed by atoms with E-state index in [0.717, 1.165) is 21.8 Å². The van der Waals surface area contributed by atoms with Gasteiger partial charge in [-0.05, 0) is 11.1 Å². The lowest BCUT2D eigenvalue weighted by Crippen LogP contribution is -2.29. The van der Waals surface area contributed by atoms with Crippen LogP contribution < -0.4 is 4.90 Å². The number of non-ortho nitro benzene ring substituents is 1. The maximum atomic E-state index is 13.3. The van der Waals surface area contributed by atoms with Crippen molar-refractivity contribution in [3.05, 3.63) is 117 Å². The minimum absolute atomic E-state index is 0.154. The van der Waals surface area contributed by atoms with Crippen LogP contribution in [0.4, 0.5) is 10.8 Å². The van der Waals surface area contributed by atoms with Gasteiger partial charge < -0.3 is 5.11 Å². The largest absolute Gasteiger partial charge is 0.507 e. The minimum Gasteiger partial charge on any atom is -0.507 e. The number of rotatable bonds is 7. The quantitative estimate of drug-likeness (QED) is 0.0643. The van der Waals surface area contributed by atoms with Gasteiger partial charge in [0.2, 0.25) is 5.13 Å². The maximum absolute atomic E-state index is 13.3. The van der Waals surface area contributed by atoms with E-state index in [1.807, 2.05) is 30.3 Å². The number of carbonyl (C=O) groups excluding carboxylic acids is 2. The second-order valence-electron chi connectivity index (χ2n) is 8.01. The van der Waals surface area contributed by atoms with Gasteiger partial charge >= 0.3 is 5.91 Å². The van der Waals surface area contributed by atoms with Crippen molar-refractivity contribution in [2.45, 2.75) is 16.1 Å².